The molecule has 0 amide bonds. The van der Waals surface area contributed by atoms with E-state index in [1.54, 1.807) is 0 Å². The summed E-state index contributed by atoms with van der Waals surface area (Å²) in [6.45, 7) is 28.2. The van der Waals surface area contributed by atoms with Crippen LogP contribution < -0.4 is 0 Å². The average Bonchev–Trinajstić information content (AvgIpc) is 2.71. The van der Waals surface area contributed by atoms with E-state index in [9.17, 15) is 0 Å². The molecule has 1 rings (SSSR count). The molecule has 0 unspecified atom stereocenters. The van der Waals surface area contributed by atoms with Crippen LogP contribution in [0.5, 0.6) is 0 Å². The molecule has 0 radical (unpaired) electrons. The molecular formula is C18H40Bi2S6. The topological polar surface area (TPSA) is 0 Å². The van der Waals surface area contributed by atoms with Crippen LogP contribution in [0.1, 0.15) is 83.1 Å². The monoisotopic (exact) mass is 866 g/mol. The summed E-state index contributed by atoms with van der Waals surface area (Å²) < 4.78 is 1.81. The Labute approximate surface area is 196 Å². The summed E-state index contributed by atoms with van der Waals surface area (Å²) in [5, 5.41) is 0. The van der Waals surface area contributed by atoms with Crippen molar-refractivity contribution in [2.75, 3.05) is 11.5 Å². The molecule has 0 atom stereocenters. The number of hydrogen-bond acceptors (Lipinski definition) is 6. The fourth-order valence-electron chi connectivity index (χ4n) is 1.26. The van der Waals surface area contributed by atoms with Crippen LogP contribution in [0.2, 0.25) is 0 Å². The van der Waals surface area contributed by atoms with Gasteiger partial charge in [0.15, 0.2) is 0 Å². The van der Waals surface area contributed by atoms with Gasteiger partial charge in [-0.05, 0) is 0 Å². The first-order valence-electron chi connectivity index (χ1n) is 8.99. The van der Waals surface area contributed by atoms with Crippen molar-refractivity contribution < 1.29 is 0 Å². The van der Waals surface area contributed by atoms with Crippen molar-refractivity contribution in [3.8, 4) is 0 Å². The van der Waals surface area contributed by atoms with Gasteiger partial charge in [-0.2, -0.15) is 0 Å². The zero-order chi connectivity index (χ0) is 20.8. The Morgan fingerprint density at radius 3 is 1.12 bits per heavy atom. The van der Waals surface area contributed by atoms with Gasteiger partial charge >= 0.3 is 199 Å². The van der Waals surface area contributed by atoms with Gasteiger partial charge in [-0.1, -0.05) is 0 Å². The normalized spacial score (nSPS) is 17.4. The van der Waals surface area contributed by atoms with Gasteiger partial charge in [0.2, 0.25) is 0 Å². The first-order valence-corrected chi connectivity index (χ1v) is 39.5. The van der Waals surface area contributed by atoms with Gasteiger partial charge in [0.1, 0.15) is 0 Å². The molecule has 0 aromatic heterocycles. The molecular weight excluding hydrogens is 827 g/mol. The number of rotatable bonds is 4. The molecule has 1 fully saturated rings. The van der Waals surface area contributed by atoms with Crippen molar-refractivity contribution >= 4 is 85.8 Å². The molecule has 0 nitrogen and oxygen atoms in total. The van der Waals surface area contributed by atoms with E-state index >= 15 is 0 Å². The minimum atomic E-state index is -1.54. The Hall–Kier alpha value is 3.87. The zero-order valence-corrected chi connectivity index (χ0v) is 30.6. The maximum atomic E-state index is 2.35. The fraction of sp³-hybridized carbons (Fsp3) is 1.00. The summed E-state index contributed by atoms with van der Waals surface area (Å²) in [6, 6.07) is 0. The predicted octanol–water partition coefficient (Wildman–Crippen LogP) is 8.55. The van der Waals surface area contributed by atoms with Crippen LogP contribution in [0.15, 0.2) is 0 Å². The number of hydrogen-bond donors (Lipinski definition) is 0. The van der Waals surface area contributed by atoms with Crippen LogP contribution in [0, 0.1) is 0 Å². The van der Waals surface area contributed by atoms with Crippen LogP contribution in [-0.2, 0) is 0 Å². The van der Waals surface area contributed by atoms with Crippen LogP contribution in [0.25, 0.3) is 0 Å². The molecule has 0 N–H and O–H groups in total. The van der Waals surface area contributed by atoms with E-state index in [1.165, 1.54) is 11.5 Å². The molecule has 0 bridgehead atoms. The molecule has 1 heterocycles. The van der Waals surface area contributed by atoms with Crippen LogP contribution in [0.3, 0.4) is 0 Å². The van der Waals surface area contributed by atoms with Gasteiger partial charge in [0, 0.05) is 0 Å². The Morgan fingerprint density at radius 1 is 0.577 bits per heavy atom. The molecule has 0 aliphatic carbocycles. The van der Waals surface area contributed by atoms with Crippen molar-refractivity contribution in [2.45, 2.75) is 102 Å². The summed E-state index contributed by atoms with van der Waals surface area (Å²) in [5.41, 5.74) is 0. The summed E-state index contributed by atoms with van der Waals surface area (Å²) >= 11 is -2.59. The van der Waals surface area contributed by atoms with E-state index in [-0.39, 0.29) is 0 Å². The van der Waals surface area contributed by atoms with E-state index in [4.69, 9.17) is 0 Å². The van der Waals surface area contributed by atoms with Gasteiger partial charge in [-0.3, -0.25) is 0 Å². The van der Waals surface area contributed by atoms with Crippen molar-refractivity contribution in [1.29, 1.82) is 0 Å². The molecule has 26 heavy (non-hydrogen) atoms. The van der Waals surface area contributed by atoms with E-state index in [0.717, 1.165) is 0 Å². The summed E-state index contributed by atoms with van der Waals surface area (Å²) in [5.74, 6) is 2.87. The third-order valence-electron chi connectivity index (χ3n) is 1.87. The molecule has 1 saturated heterocycles. The fourth-order valence-corrected chi connectivity index (χ4v) is 99.8. The molecule has 0 aromatic carbocycles. The average molecular weight is 867 g/mol. The zero-order valence-electron chi connectivity index (χ0n) is 18.8. The first-order chi connectivity index (χ1) is 11.4. The predicted molar refractivity (Wildman–Crippen MR) is 146 cm³/mol. The van der Waals surface area contributed by atoms with Gasteiger partial charge < -0.3 is 0 Å². The van der Waals surface area contributed by atoms with Gasteiger partial charge in [0.25, 0.3) is 0 Å². The Morgan fingerprint density at radius 2 is 0.885 bits per heavy atom. The quantitative estimate of drug-likeness (QED) is 0.258. The molecule has 1 aliphatic rings. The van der Waals surface area contributed by atoms with Crippen molar-refractivity contribution in [2.24, 2.45) is 0 Å². The summed E-state index contributed by atoms with van der Waals surface area (Å²) in [4.78, 5) is 0. The Kier molecular flexibility index (Phi) is 14.7. The Balaban J connectivity index is 0.000000531. The molecule has 1 aliphatic heterocycles. The second kappa shape index (κ2) is 12.8. The van der Waals surface area contributed by atoms with Gasteiger partial charge in [-0.25, -0.2) is 0 Å². The SMILES string of the molecule is CC(C)(C)[S][Bi]([S]C(C)(C)C)[S]C(C)(C)C.CC(C)(C)[S][Bi]1[S]CC[S]1. The van der Waals surface area contributed by atoms with Crippen LogP contribution >= 0.6 is 51.1 Å². The van der Waals surface area contributed by atoms with Gasteiger partial charge in [0.05, 0.1) is 0 Å². The van der Waals surface area contributed by atoms with Crippen LogP contribution in [0.4, 0.5) is 0 Å². The molecule has 0 aromatic rings. The third kappa shape index (κ3) is 21.1. The van der Waals surface area contributed by atoms with E-state index < -0.39 is 34.7 Å². The molecule has 0 spiro atoms. The van der Waals surface area contributed by atoms with E-state index in [1.807, 2.05) is 0 Å². The minimum absolute atomic E-state index is 0.425. The Bertz CT molecular complexity index is 346. The second-order valence-corrected chi connectivity index (χ2v) is 66.3. The van der Waals surface area contributed by atoms with E-state index in [2.05, 4.69) is 134 Å². The van der Waals surface area contributed by atoms with Crippen molar-refractivity contribution in [3.05, 3.63) is 0 Å². The summed E-state index contributed by atoms with van der Waals surface area (Å²) in [6.07, 6.45) is 0. The summed E-state index contributed by atoms with van der Waals surface area (Å²) in [7, 11) is 13.7. The van der Waals surface area contributed by atoms with Gasteiger partial charge in [-0.15, -0.1) is 0 Å². The standard InChI is InChI=1S/4C4H10S.C2H6S2.2Bi/c4*1-4(2,3)5;3-1-2-4;;/h4*5H,1-3H3;3-4H,1-2H2;;/q;;;;;2*+3/p-6. The van der Waals surface area contributed by atoms with Crippen LogP contribution in [-0.4, -0.2) is 65.2 Å². The van der Waals surface area contributed by atoms with E-state index in [0.29, 0.717) is 19.0 Å². The molecule has 0 saturated carbocycles. The molecule has 158 valence electrons. The molecule has 8 heteroatoms. The van der Waals surface area contributed by atoms with Crippen molar-refractivity contribution in [1.82, 2.24) is 0 Å². The first kappa shape index (κ1) is 29.9. The maximum absolute atomic E-state index is 2.35. The third-order valence-corrected chi connectivity index (χ3v) is 74.6. The second-order valence-electron chi connectivity index (χ2n) is 9.93. The van der Waals surface area contributed by atoms with Crippen molar-refractivity contribution in [3.63, 3.8) is 0 Å².